The summed E-state index contributed by atoms with van der Waals surface area (Å²) in [5, 5.41) is 28.6. The lowest BCUT2D eigenvalue weighted by atomic mass is 10.0. The molecular weight excluding hydrogens is 304 g/mol. The topological polar surface area (TPSA) is 105 Å². The lowest BCUT2D eigenvalue weighted by molar-refractivity contribution is -0.229. The number of allylic oxidation sites excluding steroid dienone is 1. The molecule has 0 saturated carbocycles. The number of benzene rings is 1. The van der Waals surface area contributed by atoms with Gasteiger partial charge in [-0.25, -0.2) is 0 Å². The van der Waals surface area contributed by atoms with Crippen LogP contribution in [-0.2, 0) is 16.0 Å². The Morgan fingerprint density at radius 1 is 1.30 bits per heavy atom. The summed E-state index contributed by atoms with van der Waals surface area (Å²) in [6.07, 6.45) is -3.35. The van der Waals surface area contributed by atoms with E-state index in [0.29, 0.717) is 12.2 Å². The summed E-state index contributed by atoms with van der Waals surface area (Å²) in [7, 11) is 1.46. The Kier molecular flexibility index (Phi) is 5.73. The van der Waals surface area contributed by atoms with Gasteiger partial charge >= 0.3 is 0 Å². The Morgan fingerprint density at radius 3 is 2.65 bits per heavy atom. The molecule has 1 aliphatic rings. The second-order valence-corrected chi connectivity index (χ2v) is 5.11. The molecule has 2 rings (SSSR count). The Hall–Kier alpha value is -1.93. The zero-order valence-electron chi connectivity index (χ0n) is 12.7. The monoisotopic (exact) mass is 324 g/mol. The van der Waals surface area contributed by atoms with E-state index in [0.717, 1.165) is 5.56 Å². The third-order valence-corrected chi connectivity index (χ3v) is 3.53. The normalized spacial score (nSPS) is 27.6. The number of aliphatic hydroxyl groups is 3. The van der Waals surface area contributed by atoms with Gasteiger partial charge in [0.25, 0.3) is 0 Å². The minimum atomic E-state index is -1.66. The number of ketones is 1. The molecule has 1 fully saturated rings. The van der Waals surface area contributed by atoms with Crippen molar-refractivity contribution in [3.05, 3.63) is 36.4 Å². The van der Waals surface area contributed by atoms with Crippen molar-refractivity contribution in [1.29, 1.82) is 0 Å². The molecule has 3 N–H and O–H groups in total. The summed E-state index contributed by atoms with van der Waals surface area (Å²) >= 11 is 0. The standard InChI is InChI=1S/C16H20O7/c1-3-4-9-5-6-10(11(7-9)21-2)22-16-15(20)14(19)13(18)12(8-17)23-16/h3,5-7,12-13,15-18,20H,1,4,8H2,2H3. The first-order chi connectivity index (χ1) is 11.0. The van der Waals surface area contributed by atoms with E-state index in [9.17, 15) is 15.0 Å². The van der Waals surface area contributed by atoms with Gasteiger partial charge in [-0.1, -0.05) is 12.1 Å². The number of ether oxygens (including phenoxy) is 3. The van der Waals surface area contributed by atoms with Crippen LogP contribution in [0, 0.1) is 0 Å². The first-order valence-corrected chi connectivity index (χ1v) is 7.12. The highest BCUT2D eigenvalue weighted by molar-refractivity contribution is 5.88. The summed E-state index contributed by atoms with van der Waals surface area (Å²) in [5.41, 5.74) is 0.953. The van der Waals surface area contributed by atoms with Gasteiger partial charge in [0.15, 0.2) is 23.4 Å². The summed E-state index contributed by atoms with van der Waals surface area (Å²) in [4.78, 5) is 11.8. The third kappa shape index (κ3) is 3.70. The van der Waals surface area contributed by atoms with E-state index in [1.165, 1.54) is 7.11 Å². The average molecular weight is 324 g/mol. The molecule has 0 aromatic heterocycles. The fourth-order valence-corrected chi connectivity index (χ4v) is 2.28. The quantitative estimate of drug-likeness (QED) is 0.623. The first-order valence-electron chi connectivity index (χ1n) is 7.12. The highest BCUT2D eigenvalue weighted by Gasteiger charge is 2.44. The van der Waals surface area contributed by atoms with Crippen molar-refractivity contribution in [2.24, 2.45) is 0 Å². The average Bonchev–Trinajstić information content (AvgIpc) is 2.56. The highest BCUT2D eigenvalue weighted by Crippen LogP contribution is 2.31. The Bertz CT molecular complexity index is 572. The van der Waals surface area contributed by atoms with Gasteiger partial charge in [-0.05, 0) is 24.1 Å². The smallest absolute Gasteiger partial charge is 0.234 e. The third-order valence-electron chi connectivity index (χ3n) is 3.53. The Balaban J connectivity index is 2.20. The molecule has 7 heteroatoms. The SMILES string of the molecule is C=CCc1ccc(OC2OC(CO)C(O)C(=O)C2O)c(OC)c1. The molecule has 0 amide bonds. The molecule has 7 nitrogen and oxygen atoms in total. The fourth-order valence-electron chi connectivity index (χ4n) is 2.28. The van der Waals surface area contributed by atoms with Crippen LogP contribution >= 0.6 is 0 Å². The van der Waals surface area contributed by atoms with Crippen molar-refractivity contribution in [2.75, 3.05) is 13.7 Å². The molecule has 1 aromatic rings. The van der Waals surface area contributed by atoms with Gasteiger partial charge < -0.3 is 29.5 Å². The molecule has 4 atom stereocenters. The summed E-state index contributed by atoms with van der Waals surface area (Å²) in [5.74, 6) is -0.188. The maximum atomic E-state index is 11.8. The van der Waals surface area contributed by atoms with Crippen LogP contribution in [0.25, 0.3) is 0 Å². The molecule has 126 valence electrons. The van der Waals surface area contributed by atoms with E-state index in [1.807, 2.05) is 0 Å². The Morgan fingerprint density at radius 2 is 2.04 bits per heavy atom. The summed E-state index contributed by atoms with van der Waals surface area (Å²) in [6, 6.07) is 5.15. The van der Waals surface area contributed by atoms with E-state index in [4.69, 9.17) is 19.3 Å². The molecule has 0 radical (unpaired) electrons. The number of hydrogen-bond acceptors (Lipinski definition) is 7. The lowest BCUT2D eigenvalue weighted by Gasteiger charge is -2.35. The van der Waals surface area contributed by atoms with Gasteiger partial charge in [-0.15, -0.1) is 6.58 Å². The number of rotatable bonds is 6. The van der Waals surface area contributed by atoms with Crippen molar-refractivity contribution >= 4 is 5.78 Å². The van der Waals surface area contributed by atoms with E-state index >= 15 is 0 Å². The van der Waals surface area contributed by atoms with E-state index in [2.05, 4.69) is 6.58 Å². The van der Waals surface area contributed by atoms with Gasteiger partial charge in [0.2, 0.25) is 6.29 Å². The number of methoxy groups -OCH3 is 1. The van der Waals surface area contributed by atoms with Gasteiger partial charge in [0.1, 0.15) is 12.2 Å². The minimum Gasteiger partial charge on any atom is -0.493 e. The van der Waals surface area contributed by atoms with Crippen LogP contribution in [0.3, 0.4) is 0 Å². The van der Waals surface area contributed by atoms with Crippen molar-refractivity contribution in [1.82, 2.24) is 0 Å². The molecule has 1 aromatic carbocycles. The molecule has 1 saturated heterocycles. The van der Waals surface area contributed by atoms with Crippen LogP contribution in [0.1, 0.15) is 5.56 Å². The highest BCUT2D eigenvalue weighted by atomic mass is 16.7. The molecular formula is C16H20O7. The van der Waals surface area contributed by atoms with E-state index in [1.54, 1.807) is 24.3 Å². The van der Waals surface area contributed by atoms with Crippen LogP contribution in [-0.4, -0.2) is 59.4 Å². The van der Waals surface area contributed by atoms with E-state index < -0.39 is 37.0 Å². The molecule has 0 aliphatic carbocycles. The largest absolute Gasteiger partial charge is 0.493 e. The molecule has 1 heterocycles. The van der Waals surface area contributed by atoms with Crippen LogP contribution in [0.2, 0.25) is 0 Å². The van der Waals surface area contributed by atoms with Crippen molar-refractivity contribution in [3.63, 3.8) is 0 Å². The predicted molar refractivity (Wildman–Crippen MR) is 80.3 cm³/mol. The Labute approximate surface area is 133 Å². The molecule has 23 heavy (non-hydrogen) atoms. The predicted octanol–water partition coefficient (Wildman–Crippen LogP) is -0.189. The van der Waals surface area contributed by atoms with Gasteiger partial charge in [0, 0.05) is 0 Å². The first kappa shape index (κ1) is 17.4. The van der Waals surface area contributed by atoms with Crippen molar-refractivity contribution in [3.8, 4) is 11.5 Å². The second kappa shape index (κ2) is 7.56. The van der Waals surface area contributed by atoms with Crippen LogP contribution in [0.4, 0.5) is 0 Å². The second-order valence-electron chi connectivity index (χ2n) is 5.11. The molecule has 4 unspecified atom stereocenters. The van der Waals surface area contributed by atoms with Crippen LogP contribution in [0.5, 0.6) is 11.5 Å². The number of carbonyl (C=O) groups excluding carboxylic acids is 1. The summed E-state index contributed by atoms with van der Waals surface area (Å²) < 4.78 is 16.0. The number of hydrogen-bond donors (Lipinski definition) is 3. The van der Waals surface area contributed by atoms with Gasteiger partial charge in [-0.2, -0.15) is 0 Å². The zero-order chi connectivity index (χ0) is 17.0. The lowest BCUT2D eigenvalue weighted by Crippen LogP contribution is -2.57. The maximum Gasteiger partial charge on any atom is 0.234 e. The number of Topliss-reactive ketones (excluding diaryl/α,β-unsaturated/α-hetero) is 1. The van der Waals surface area contributed by atoms with E-state index in [-0.39, 0.29) is 5.75 Å². The van der Waals surface area contributed by atoms with Crippen molar-refractivity contribution in [2.45, 2.75) is 31.0 Å². The number of aliphatic hydroxyl groups excluding tert-OH is 3. The molecule has 0 spiro atoms. The molecule has 1 aliphatic heterocycles. The molecule has 0 bridgehead atoms. The van der Waals surface area contributed by atoms with Crippen LogP contribution in [0.15, 0.2) is 30.9 Å². The minimum absolute atomic E-state index is 0.269. The van der Waals surface area contributed by atoms with Crippen LogP contribution < -0.4 is 9.47 Å². The number of carbonyl (C=O) groups is 1. The van der Waals surface area contributed by atoms with Gasteiger partial charge in [0.05, 0.1) is 13.7 Å². The maximum absolute atomic E-state index is 11.8. The fraction of sp³-hybridized carbons (Fsp3) is 0.438. The summed E-state index contributed by atoms with van der Waals surface area (Å²) in [6.45, 7) is 3.09. The van der Waals surface area contributed by atoms with Gasteiger partial charge in [-0.3, -0.25) is 4.79 Å². The zero-order valence-corrected chi connectivity index (χ0v) is 12.7. The van der Waals surface area contributed by atoms with Crippen molar-refractivity contribution < 1.29 is 34.3 Å².